The molecule has 20 heavy (non-hydrogen) atoms. The molecule has 1 aliphatic rings. The summed E-state index contributed by atoms with van der Waals surface area (Å²) in [5.41, 5.74) is 1.28. The monoisotopic (exact) mass is 313 g/mol. The second kappa shape index (κ2) is 7.14. The zero-order valence-corrected chi connectivity index (χ0v) is 14.8. The first kappa shape index (κ1) is 16.1. The minimum Gasteiger partial charge on any atom is -0.346 e. The van der Waals surface area contributed by atoms with Gasteiger partial charge in [0.05, 0.1) is 5.69 Å². The summed E-state index contributed by atoms with van der Waals surface area (Å²) in [7, 11) is 0. The topological polar surface area (TPSA) is 28.2 Å². The third kappa shape index (κ3) is 4.12. The molecule has 0 atom stereocenters. The molecule has 0 aliphatic carbocycles. The molecule has 2 heterocycles. The van der Waals surface area contributed by atoms with E-state index in [0.29, 0.717) is 4.75 Å². The molecule has 0 amide bonds. The zero-order chi connectivity index (χ0) is 14.6. The predicted molar refractivity (Wildman–Crippen MR) is 92.2 cm³/mol. The van der Waals surface area contributed by atoms with Gasteiger partial charge in [-0.15, -0.1) is 11.3 Å². The van der Waals surface area contributed by atoms with E-state index in [1.165, 1.54) is 27.9 Å². The third-order valence-electron chi connectivity index (χ3n) is 3.51. The summed E-state index contributed by atoms with van der Waals surface area (Å²) in [6.45, 7) is 13.4. The summed E-state index contributed by atoms with van der Waals surface area (Å²) in [5, 5.41) is 4.73. The second-order valence-electron chi connectivity index (χ2n) is 5.93. The number of nitrogens with one attached hydrogen (secondary N) is 1. The Labute approximate surface area is 131 Å². The van der Waals surface area contributed by atoms with Gasteiger partial charge in [-0.25, -0.2) is 4.98 Å². The van der Waals surface area contributed by atoms with Crippen molar-refractivity contribution >= 4 is 28.2 Å². The molecule has 0 unspecified atom stereocenters. The Morgan fingerprint density at radius 3 is 2.80 bits per heavy atom. The van der Waals surface area contributed by atoms with Crippen molar-refractivity contribution in [3.8, 4) is 0 Å². The molecule has 1 aliphatic heterocycles. The van der Waals surface area contributed by atoms with Crippen LogP contribution in [0.3, 0.4) is 0 Å². The van der Waals surface area contributed by atoms with Gasteiger partial charge in [-0.1, -0.05) is 13.8 Å². The molecule has 1 aromatic heterocycles. The zero-order valence-electron chi connectivity index (χ0n) is 13.2. The van der Waals surface area contributed by atoms with Gasteiger partial charge in [-0.3, -0.25) is 0 Å². The van der Waals surface area contributed by atoms with Crippen LogP contribution in [0.25, 0.3) is 0 Å². The van der Waals surface area contributed by atoms with Crippen LogP contribution in [0.4, 0.5) is 5.13 Å². The Morgan fingerprint density at radius 1 is 1.35 bits per heavy atom. The van der Waals surface area contributed by atoms with Crippen molar-refractivity contribution in [3.05, 3.63) is 10.6 Å². The lowest BCUT2D eigenvalue weighted by atomic mass is 10.2. The van der Waals surface area contributed by atoms with Gasteiger partial charge in [0.1, 0.15) is 0 Å². The molecule has 0 saturated carbocycles. The maximum Gasteiger partial charge on any atom is 0.185 e. The van der Waals surface area contributed by atoms with E-state index in [1.807, 2.05) is 11.3 Å². The molecule has 1 fully saturated rings. The molecular formula is C15H27N3S2. The van der Waals surface area contributed by atoms with Gasteiger partial charge < -0.3 is 10.2 Å². The number of thiazole rings is 1. The van der Waals surface area contributed by atoms with Crippen molar-refractivity contribution < 1.29 is 0 Å². The molecule has 0 aromatic carbocycles. The minimum absolute atomic E-state index is 0.344. The van der Waals surface area contributed by atoms with Crippen molar-refractivity contribution in [1.82, 2.24) is 10.3 Å². The van der Waals surface area contributed by atoms with Gasteiger partial charge in [-0.05, 0) is 33.2 Å². The minimum atomic E-state index is 0.344. The summed E-state index contributed by atoms with van der Waals surface area (Å²) < 4.78 is 0.344. The van der Waals surface area contributed by atoms with Crippen LogP contribution in [0.15, 0.2) is 0 Å². The molecule has 1 aromatic rings. The number of rotatable bonds is 6. The highest BCUT2D eigenvalue weighted by Crippen LogP contribution is 2.35. The van der Waals surface area contributed by atoms with Gasteiger partial charge >= 0.3 is 0 Å². The SMILES string of the molecule is CCCNCc1sc(N2CCSC(C)(C)C2)nc1CC. The molecule has 0 radical (unpaired) electrons. The fourth-order valence-corrected chi connectivity index (χ4v) is 4.73. The van der Waals surface area contributed by atoms with Crippen LogP contribution in [0.5, 0.6) is 0 Å². The van der Waals surface area contributed by atoms with E-state index in [0.717, 1.165) is 32.6 Å². The number of hydrogen-bond acceptors (Lipinski definition) is 5. The molecule has 3 nitrogen and oxygen atoms in total. The maximum absolute atomic E-state index is 4.89. The summed E-state index contributed by atoms with van der Waals surface area (Å²) in [4.78, 5) is 8.79. The van der Waals surface area contributed by atoms with E-state index in [9.17, 15) is 0 Å². The molecule has 114 valence electrons. The van der Waals surface area contributed by atoms with Gasteiger partial charge in [0, 0.05) is 35.0 Å². The van der Waals surface area contributed by atoms with E-state index < -0.39 is 0 Å². The summed E-state index contributed by atoms with van der Waals surface area (Å²) in [5.74, 6) is 1.21. The van der Waals surface area contributed by atoms with E-state index in [-0.39, 0.29) is 0 Å². The highest BCUT2D eigenvalue weighted by molar-refractivity contribution is 8.00. The molecule has 5 heteroatoms. The fraction of sp³-hybridized carbons (Fsp3) is 0.800. The maximum atomic E-state index is 4.89. The van der Waals surface area contributed by atoms with E-state index in [1.54, 1.807) is 0 Å². The second-order valence-corrected chi connectivity index (χ2v) is 8.79. The predicted octanol–water partition coefficient (Wildman–Crippen LogP) is 3.54. The van der Waals surface area contributed by atoms with Crippen molar-refractivity contribution in [3.63, 3.8) is 0 Å². The lowest BCUT2D eigenvalue weighted by Crippen LogP contribution is -2.43. The molecule has 2 rings (SSSR count). The van der Waals surface area contributed by atoms with Crippen LogP contribution in [-0.4, -0.2) is 35.1 Å². The molecule has 0 spiro atoms. The number of anilines is 1. The molecular weight excluding hydrogens is 286 g/mol. The Hall–Kier alpha value is -0.260. The quantitative estimate of drug-likeness (QED) is 0.813. The number of aryl methyl sites for hydroxylation is 1. The summed E-state index contributed by atoms with van der Waals surface area (Å²) >= 11 is 3.96. The number of aromatic nitrogens is 1. The van der Waals surface area contributed by atoms with E-state index >= 15 is 0 Å². The normalized spacial score (nSPS) is 18.5. The highest BCUT2D eigenvalue weighted by Gasteiger charge is 2.29. The molecule has 0 bridgehead atoms. The first-order valence-electron chi connectivity index (χ1n) is 7.64. The lowest BCUT2D eigenvalue weighted by molar-refractivity contribution is 0.645. The molecule has 1 N–H and O–H groups in total. The van der Waals surface area contributed by atoms with Gasteiger partial charge in [0.25, 0.3) is 0 Å². The Balaban J connectivity index is 2.08. The van der Waals surface area contributed by atoms with Crippen molar-refractivity contribution in [1.29, 1.82) is 0 Å². The first-order chi connectivity index (χ1) is 9.55. The van der Waals surface area contributed by atoms with Crippen LogP contribution in [0.2, 0.25) is 0 Å². The first-order valence-corrected chi connectivity index (χ1v) is 9.44. The van der Waals surface area contributed by atoms with Crippen LogP contribution in [0, 0.1) is 0 Å². The van der Waals surface area contributed by atoms with Crippen LogP contribution in [-0.2, 0) is 13.0 Å². The number of thioether (sulfide) groups is 1. The molecule has 1 saturated heterocycles. The average molecular weight is 314 g/mol. The number of nitrogens with zero attached hydrogens (tertiary/aromatic N) is 2. The smallest absolute Gasteiger partial charge is 0.185 e. The standard InChI is InChI=1S/C15H27N3S2/c1-5-7-16-10-13-12(6-2)17-14(20-13)18-8-9-19-15(3,4)11-18/h16H,5-11H2,1-4H3. The fourth-order valence-electron chi connectivity index (χ4n) is 2.48. The highest BCUT2D eigenvalue weighted by atomic mass is 32.2. The summed E-state index contributed by atoms with van der Waals surface area (Å²) in [6.07, 6.45) is 2.22. The van der Waals surface area contributed by atoms with Gasteiger partial charge in [0.2, 0.25) is 0 Å². The Bertz CT molecular complexity index is 429. The Morgan fingerprint density at radius 2 is 2.15 bits per heavy atom. The van der Waals surface area contributed by atoms with Crippen molar-refractivity contribution in [2.75, 3.05) is 30.3 Å². The number of hydrogen-bond donors (Lipinski definition) is 1. The van der Waals surface area contributed by atoms with E-state index in [4.69, 9.17) is 4.98 Å². The van der Waals surface area contributed by atoms with Gasteiger partial charge in [-0.2, -0.15) is 11.8 Å². The Kier molecular flexibility index (Phi) is 5.75. The summed E-state index contributed by atoms with van der Waals surface area (Å²) in [6, 6.07) is 0. The lowest BCUT2D eigenvalue weighted by Gasteiger charge is -2.37. The third-order valence-corrected chi connectivity index (χ3v) is 5.97. The van der Waals surface area contributed by atoms with Crippen LogP contribution < -0.4 is 10.2 Å². The largest absolute Gasteiger partial charge is 0.346 e. The average Bonchev–Trinajstić information content (AvgIpc) is 2.81. The van der Waals surface area contributed by atoms with Crippen molar-refractivity contribution in [2.24, 2.45) is 0 Å². The van der Waals surface area contributed by atoms with Gasteiger partial charge in [0.15, 0.2) is 5.13 Å². The van der Waals surface area contributed by atoms with E-state index in [2.05, 4.69) is 49.7 Å². The van der Waals surface area contributed by atoms with Crippen molar-refractivity contribution in [2.45, 2.75) is 51.8 Å². The van der Waals surface area contributed by atoms with Crippen LogP contribution >= 0.6 is 23.1 Å². The van der Waals surface area contributed by atoms with Crippen LogP contribution in [0.1, 0.15) is 44.7 Å².